The molecule has 1 heterocycles. The molecule has 2 rings (SSSR count). The van der Waals surface area contributed by atoms with Gasteiger partial charge in [-0.3, -0.25) is 0 Å². The molecular formula is C9H9BO3. The van der Waals surface area contributed by atoms with Crippen LogP contribution in [0.3, 0.4) is 0 Å². The lowest BCUT2D eigenvalue weighted by Gasteiger charge is -1.90. The molecule has 0 aliphatic carbocycles. The van der Waals surface area contributed by atoms with Crippen molar-refractivity contribution in [3.8, 4) is 0 Å². The lowest BCUT2D eigenvalue weighted by molar-refractivity contribution is 0.412. The average Bonchev–Trinajstić information content (AvgIpc) is 2.46. The monoisotopic (exact) mass is 176 g/mol. The van der Waals surface area contributed by atoms with Gasteiger partial charge in [-0.25, -0.2) is 0 Å². The van der Waals surface area contributed by atoms with E-state index in [1.54, 1.807) is 6.07 Å². The first kappa shape index (κ1) is 8.35. The normalized spacial score (nSPS) is 10.7. The molecular weight excluding hydrogens is 167 g/mol. The molecule has 0 unspecified atom stereocenters. The summed E-state index contributed by atoms with van der Waals surface area (Å²) in [6.07, 6.45) is 0. The van der Waals surface area contributed by atoms with E-state index in [4.69, 9.17) is 14.5 Å². The molecule has 0 saturated carbocycles. The van der Waals surface area contributed by atoms with Gasteiger partial charge in [-0.2, -0.15) is 0 Å². The zero-order valence-electron chi connectivity index (χ0n) is 7.19. The van der Waals surface area contributed by atoms with Gasteiger partial charge in [0.15, 0.2) is 0 Å². The van der Waals surface area contributed by atoms with E-state index in [-0.39, 0.29) is 5.66 Å². The maximum Gasteiger partial charge on any atom is 0.526 e. The first-order chi connectivity index (χ1) is 6.16. The van der Waals surface area contributed by atoms with Crippen LogP contribution in [0.25, 0.3) is 11.0 Å². The van der Waals surface area contributed by atoms with E-state index in [0.717, 1.165) is 10.9 Å². The molecule has 2 N–H and O–H groups in total. The van der Waals surface area contributed by atoms with Gasteiger partial charge in [0.25, 0.3) is 0 Å². The zero-order chi connectivity index (χ0) is 9.42. The number of rotatable bonds is 1. The minimum Gasteiger partial charge on any atom is -0.465 e. The van der Waals surface area contributed by atoms with Crippen LogP contribution in [0.5, 0.6) is 0 Å². The molecule has 13 heavy (non-hydrogen) atoms. The molecule has 0 aliphatic heterocycles. The molecule has 0 saturated heterocycles. The number of furan rings is 1. The Morgan fingerprint density at radius 2 is 2.00 bits per heavy atom. The van der Waals surface area contributed by atoms with Crippen molar-refractivity contribution >= 4 is 23.7 Å². The van der Waals surface area contributed by atoms with E-state index in [1.807, 2.05) is 25.1 Å². The number of benzene rings is 1. The van der Waals surface area contributed by atoms with Crippen molar-refractivity contribution < 1.29 is 14.5 Å². The van der Waals surface area contributed by atoms with E-state index in [0.29, 0.717) is 5.58 Å². The van der Waals surface area contributed by atoms with E-state index in [1.165, 1.54) is 0 Å². The maximum absolute atomic E-state index is 8.86. The summed E-state index contributed by atoms with van der Waals surface area (Å²) >= 11 is 0. The second-order valence-corrected chi connectivity index (χ2v) is 3.06. The summed E-state index contributed by atoms with van der Waals surface area (Å²) in [6.45, 7) is 1.96. The van der Waals surface area contributed by atoms with Gasteiger partial charge in [0, 0.05) is 5.39 Å². The number of hydrogen-bond acceptors (Lipinski definition) is 3. The van der Waals surface area contributed by atoms with Crippen LogP contribution in [0.15, 0.2) is 28.7 Å². The van der Waals surface area contributed by atoms with Crippen LogP contribution in [-0.2, 0) is 0 Å². The lowest BCUT2D eigenvalue weighted by atomic mass is 9.88. The topological polar surface area (TPSA) is 53.6 Å². The highest BCUT2D eigenvalue weighted by Crippen LogP contribution is 2.15. The van der Waals surface area contributed by atoms with Gasteiger partial charge in [0.1, 0.15) is 11.2 Å². The van der Waals surface area contributed by atoms with Gasteiger partial charge < -0.3 is 14.5 Å². The van der Waals surface area contributed by atoms with Gasteiger partial charge >= 0.3 is 7.12 Å². The summed E-state index contributed by atoms with van der Waals surface area (Å²) in [5, 5.41) is 18.6. The molecule has 0 amide bonds. The minimum absolute atomic E-state index is 0.181. The van der Waals surface area contributed by atoms with Gasteiger partial charge in [-0.15, -0.1) is 0 Å². The molecule has 2 aromatic rings. The van der Waals surface area contributed by atoms with Crippen LogP contribution in [0.2, 0.25) is 0 Å². The van der Waals surface area contributed by atoms with Crippen molar-refractivity contribution in [2.45, 2.75) is 6.92 Å². The van der Waals surface area contributed by atoms with Crippen molar-refractivity contribution in [1.29, 1.82) is 0 Å². The van der Waals surface area contributed by atoms with Gasteiger partial charge in [0.05, 0.1) is 0 Å². The summed E-state index contributed by atoms with van der Waals surface area (Å²) in [4.78, 5) is 0. The first-order valence-corrected chi connectivity index (χ1v) is 4.03. The molecule has 66 valence electrons. The predicted octanol–water partition coefficient (Wildman–Crippen LogP) is 0.421. The van der Waals surface area contributed by atoms with Crippen LogP contribution in [0, 0.1) is 6.92 Å². The van der Waals surface area contributed by atoms with Gasteiger partial charge in [-0.05, 0) is 24.6 Å². The molecule has 0 spiro atoms. The molecule has 3 nitrogen and oxygen atoms in total. The smallest absolute Gasteiger partial charge is 0.465 e. The fourth-order valence-corrected chi connectivity index (χ4v) is 1.29. The Morgan fingerprint density at radius 3 is 2.69 bits per heavy atom. The fraction of sp³-hybridized carbons (Fsp3) is 0.111. The molecule has 0 radical (unpaired) electrons. The molecule has 0 aliphatic rings. The van der Waals surface area contributed by atoms with Gasteiger partial charge in [-0.1, -0.05) is 12.1 Å². The number of fused-ring (bicyclic) bond motifs is 1. The summed E-state index contributed by atoms with van der Waals surface area (Å²) in [7, 11) is -1.53. The van der Waals surface area contributed by atoms with E-state index < -0.39 is 7.12 Å². The standard InChI is InChI=1S/C9H9BO3/c1-6-2-3-7-5-9(10(11)12)13-8(7)4-6/h2-5,11-12H,1H3. The predicted molar refractivity (Wildman–Crippen MR) is 50.8 cm³/mol. The number of hydrogen-bond donors (Lipinski definition) is 2. The van der Waals surface area contributed by atoms with Gasteiger partial charge in [0.2, 0.25) is 0 Å². The Bertz CT molecular complexity index is 433. The maximum atomic E-state index is 8.86. The average molecular weight is 176 g/mol. The lowest BCUT2D eigenvalue weighted by Crippen LogP contribution is -2.27. The van der Waals surface area contributed by atoms with Crippen molar-refractivity contribution in [2.24, 2.45) is 0 Å². The second-order valence-electron chi connectivity index (χ2n) is 3.06. The van der Waals surface area contributed by atoms with Crippen molar-refractivity contribution in [2.75, 3.05) is 0 Å². The molecule has 0 atom stereocenters. The third kappa shape index (κ3) is 1.46. The van der Waals surface area contributed by atoms with Crippen LogP contribution in [0.4, 0.5) is 0 Å². The Labute approximate surface area is 75.8 Å². The highest BCUT2D eigenvalue weighted by molar-refractivity contribution is 6.57. The largest absolute Gasteiger partial charge is 0.526 e. The summed E-state index contributed by atoms with van der Waals surface area (Å²) in [6, 6.07) is 7.33. The van der Waals surface area contributed by atoms with Crippen molar-refractivity contribution in [3.05, 3.63) is 29.8 Å². The molecule has 0 bridgehead atoms. The Morgan fingerprint density at radius 1 is 1.23 bits per heavy atom. The highest BCUT2D eigenvalue weighted by atomic mass is 16.4. The molecule has 1 aromatic carbocycles. The van der Waals surface area contributed by atoms with Crippen molar-refractivity contribution in [3.63, 3.8) is 0 Å². The zero-order valence-corrected chi connectivity index (χ0v) is 7.19. The molecule has 4 heteroatoms. The first-order valence-electron chi connectivity index (χ1n) is 4.03. The van der Waals surface area contributed by atoms with E-state index >= 15 is 0 Å². The van der Waals surface area contributed by atoms with Crippen LogP contribution >= 0.6 is 0 Å². The third-order valence-corrected chi connectivity index (χ3v) is 1.95. The van der Waals surface area contributed by atoms with Crippen LogP contribution in [0.1, 0.15) is 5.56 Å². The molecule has 0 fully saturated rings. The van der Waals surface area contributed by atoms with Crippen LogP contribution in [-0.4, -0.2) is 17.2 Å². The number of aryl methyl sites for hydroxylation is 1. The van der Waals surface area contributed by atoms with Crippen molar-refractivity contribution in [1.82, 2.24) is 0 Å². The summed E-state index contributed by atoms with van der Waals surface area (Å²) in [5.41, 5.74) is 1.95. The Kier molecular flexibility index (Phi) is 1.86. The van der Waals surface area contributed by atoms with E-state index in [9.17, 15) is 0 Å². The fourth-order valence-electron chi connectivity index (χ4n) is 1.29. The quantitative estimate of drug-likeness (QED) is 0.619. The minimum atomic E-state index is -1.53. The second kappa shape index (κ2) is 2.90. The SMILES string of the molecule is Cc1ccc2cc(B(O)O)oc2c1. The van der Waals surface area contributed by atoms with Crippen LogP contribution < -0.4 is 5.66 Å². The van der Waals surface area contributed by atoms with E-state index in [2.05, 4.69) is 0 Å². The Balaban J connectivity index is 2.62. The third-order valence-electron chi connectivity index (χ3n) is 1.95. The Hall–Kier alpha value is -1.26. The molecule has 1 aromatic heterocycles. The highest BCUT2D eigenvalue weighted by Gasteiger charge is 2.16. The summed E-state index contributed by atoms with van der Waals surface area (Å²) in [5.74, 6) is 0. The summed E-state index contributed by atoms with van der Waals surface area (Å²) < 4.78 is 5.21.